The molecule has 3 atom stereocenters. The quantitative estimate of drug-likeness (QED) is 0.288. The summed E-state index contributed by atoms with van der Waals surface area (Å²) in [4.78, 5) is 50.6. The van der Waals surface area contributed by atoms with E-state index in [9.17, 15) is 19.2 Å². The van der Waals surface area contributed by atoms with Crippen LogP contribution in [0.3, 0.4) is 0 Å². The Morgan fingerprint density at radius 1 is 1.11 bits per heavy atom. The Morgan fingerprint density at radius 3 is 2.26 bits per heavy atom. The van der Waals surface area contributed by atoms with Crippen LogP contribution >= 0.6 is 34.8 Å². The van der Waals surface area contributed by atoms with Gasteiger partial charge in [0.2, 0.25) is 9.70 Å². The average Bonchev–Trinajstić information content (AvgIpc) is 2.73. The first-order chi connectivity index (χ1) is 16.0. The molecule has 0 aromatic heterocycles. The summed E-state index contributed by atoms with van der Waals surface area (Å²) in [5, 5.41) is 6.38. The van der Waals surface area contributed by atoms with Crippen molar-refractivity contribution in [1.29, 1.82) is 0 Å². The van der Waals surface area contributed by atoms with Crippen molar-refractivity contribution < 1.29 is 33.4 Å². The molecule has 1 rings (SSSR count). The number of methoxy groups -OCH3 is 1. The molecule has 1 fully saturated rings. The molecular weight excluding hydrogens is 527 g/mol. The van der Waals surface area contributed by atoms with Crippen molar-refractivity contribution in [3.05, 3.63) is 0 Å². The molecule has 14 heteroatoms. The standard InChI is InChI=1S/C21H35Cl3N4O7/c1-12(2)15(26-19(32)35-20(3,4)5)16(29)25-14(10-33-6)17(30)28-9-7-8-13(27-28)18(31)34-11-21(22,23)24/h12-15,27H,7-11H2,1-6H3,(H,25,29)(H,26,32). The number of alkyl carbamates (subject to hydrolysis) is 1. The van der Waals surface area contributed by atoms with Gasteiger partial charge in [0.15, 0.2) is 0 Å². The second-order valence-corrected chi connectivity index (χ2v) is 11.9. The number of ether oxygens (including phenoxy) is 3. The maximum absolute atomic E-state index is 13.2. The smallest absolute Gasteiger partial charge is 0.408 e. The molecule has 1 saturated heterocycles. The lowest BCUT2D eigenvalue weighted by atomic mass is 10.0. The highest BCUT2D eigenvalue weighted by Crippen LogP contribution is 2.26. The van der Waals surface area contributed by atoms with Crippen LogP contribution in [0.5, 0.6) is 0 Å². The Hall–Kier alpha value is -1.53. The Labute approximate surface area is 220 Å². The predicted octanol–water partition coefficient (Wildman–Crippen LogP) is 2.08. The van der Waals surface area contributed by atoms with Gasteiger partial charge in [0.25, 0.3) is 5.91 Å². The lowest BCUT2D eigenvalue weighted by Crippen LogP contribution is -2.62. The number of nitrogens with one attached hydrogen (secondary N) is 3. The van der Waals surface area contributed by atoms with Crippen LogP contribution in [0, 0.1) is 5.92 Å². The third-order valence-corrected chi connectivity index (χ3v) is 5.01. The van der Waals surface area contributed by atoms with Gasteiger partial charge >= 0.3 is 12.1 Å². The first-order valence-corrected chi connectivity index (χ1v) is 12.3. The zero-order valence-corrected chi connectivity index (χ0v) is 23.1. The van der Waals surface area contributed by atoms with Crippen molar-refractivity contribution in [2.24, 2.45) is 5.92 Å². The molecule has 0 aromatic rings. The van der Waals surface area contributed by atoms with E-state index in [1.54, 1.807) is 34.6 Å². The SMILES string of the molecule is COCC(NC(=O)C(NC(=O)OC(C)(C)C)C(C)C)C(=O)N1CCCC(C(=O)OCC(Cl)(Cl)Cl)N1. The molecule has 0 radical (unpaired) electrons. The fourth-order valence-electron chi connectivity index (χ4n) is 3.13. The summed E-state index contributed by atoms with van der Waals surface area (Å²) in [6.07, 6.45) is 0.142. The minimum atomic E-state index is -1.76. The van der Waals surface area contributed by atoms with Gasteiger partial charge < -0.3 is 24.8 Å². The molecule has 3 N–H and O–H groups in total. The normalized spacial score (nSPS) is 18.5. The van der Waals surface area contributed by atoms with Crippen LogP contribution in [0.2, 0.25) is 0 Å². The van der Waals surface area contributed by atoms with Crippen molar-refractivity contribution in [2.45, 2.75) is 75.0 Å². The van der Waals surface area contributed by atoms with E-state index in [2.05, 4.69) is 16.1 Å². The highest BCUT2D eigenvalue weighted by atomic mass is 35.6. The molecule has 1 aliphatic rings. The Morgan fingerprint density at radius 2 is 1.74 bits per heavy atom. The fraction of sp³-hybridized carbons (Fsp3) is 0.810. The molecule has 0 bridgehead atoms. The summed E-state index contributed by atoms with van der Waals surface area (Å²) in [6, 6.07) is -2.88. The summed E-state index contributed by atoms with van der Waals surface area (Å²) in [5.41, 5.74) is 2.05. The Kier molecular flexibility index (Phi) is 12.3. The number of carbonyl (C=O) groups excluding carboxylic acids is 4. The summed E-state index contributed by atoms with van der Waals surface area (Å²) >= 11 is 16.8. The molecule has 11 nitrogen and oxygen atoms in total. The largest absolute Gasteiger partial charge is 0.460 e. The molecule has 0 aromatic carbocycles. The monoisotopic (exact) mass is 560 g/mol. The third kappa shape index (κ3) is 11.8. The van der Waals surface area contributed by atoms with E-state index in [1.807, 2.05) is 0 Å². The molecule has 0 aliphatic carbocycles. The van der Waals surface area contributed by atoms with Crippen molar-refractivity contribution in [1.82, 2.24) is 21.1 Å². The second kappa shape index (κ2) is 13.7. The van der Waals surface area contributed by atoms with Gasteiger partial charge in [0, 0.05) is 13.7 Å². The number of hydrogen-bond donors (Lipinski definition) is 3. The molecule has 202 valence electrons. The Balaban J connectivity index is 2.85. The number of alkyl halides is 3. The van der Waals surface area contributed by atoms with Crippen LogP contribution in [-0.4, -0.2) is 83.3 Å². The number of nitrogens with zero attached hydrogens (tertiary/aromatic N) is 1. The first kappa shape index (κ1) is 31.5. The van der Waals surface area contributed by atoms with Crippen LogP contribution in [0.4, 0.5) is 4.79 Å². The lowest BCUT2D eigenvalue weighted by Gasteiger charge is -2.35. The van der Waals surface area contributed by atoms with Gasteiger partial charge in [0.1, 0.15) is 30.3 Å². The second-order valence-electron chi connectivity index (χ2n) is 9.42. The molecule has 0 saturated carbocycles. The van der Waals surface area contributed by atoms with Crippen molar-refractivity contribution in [2.75, 3.05) is 26.9 Å². The minimum absolute atomic E-state index is 0.137. The lowest BCUT2D eigenvalue weighted by molar-refractivity contribution is -0.153. The highest BCUT2D eigenvalue weighted by Gasteiger charge is 2.36. The van der Waals surface area contributed by atoms with Crippen molar-refractivity contribution >= 4 is 58.7 Å². The van der Waals surface area contributed by atoms with E-state index in [-0.39, 0.29) is 19.1 Å². The molecule has 1 heterocycles. The number of amides is 3. The summed E-state index contributed by atoms with van der Waals surface area (Å²) in [7, 11) is 1.38. The summed E-state index contributed by atoms with van der Waals surface area (Å²) in [6.45, 7) is 8.31. The van der Waals surface area contributed by atoms with E-state index in [0.29, 0.717) is 12.8 Å². The van der Waals surface area contributed by atoms with Gasteiger partial charge in [-0.05, 0) is 39.5 Å². The number of halogens is 3. The number of hydrogen-bond acceptors (Lipinski definition) is 8. The third-order valence-electron chi connectivity index (χ3n) is 4.68. The topological polar surface area (TPSA) is 135 Å². The maximum Gasteiger partial charge on any atom is 0.408 e. The first-order valence-electron chi connectivity index (χ1n) is 11.1. The molecule has 1 aliphatic heterocycles. The number of esters is 1. The summed E-state index contributed by atoms with van der Waals surface area (Å²) in [5.74, 6) is -2.09. The summed E-state index contributed by atoms with van der Waals surface area (Å²) < 4.78 is 13.6. The van der Waals surface area contributed by atoms with Crippen LogP contribution in [0.1, 0.15) is 47.5 Å². The molecule has 3 unspecified atom stereocenters. The fourth-order valence-corrected chi connectivity index (χ4v) is 3.29. The molecule has 3 amide bonds. The average molecular weight is 562 g/mol. The Bertz CT molecular complexity index is 756. The van der Waals surface area contributed by atoms with Crippen LogP contribution in [0.25, 0.3) is 0 Å². The number of carbonyl (C=O) groups is 4. The van der Waals surface area contributed by atoms with E-state index in [0.717, 1.165) is 0 Å². The molecule has 0 spiro atoms. The van der Waals surface area contributed by atoms with E-state index in [4.69, 9.17) is 49.0 Å². The van der Waals surface area contributed by atoms with E-state index in [1.165, 1.54) is 12.1 Å². The van der Waals surface area contributed by atoms with Crippen LogP contribution in [0.15, 0.2) is 0 Å². The number of rotatable bonds is 9. The van der Waals surface area contributed by atoms with Gasteiger partial charge in [-0.3, -0.25) is 19.4 Å². The van der Waals surface area contributed by atoms with E-state index >= 15 is 0 Å². The zero-order valence-electron chi connectivity index (χ0n) is 20.8. The van der Waals surface area contributed by atoms with Gasteiger partial charge in [-0.15, -0.1) is 0 Å². The van der Waals surface area contributed by atoms with Crippen LogP contribution < -0.4 is 16.1 Å². The molecule has 35 heavy (non-hydrogen) atoms. The zero-order chi connectivity index (χ0) is 27.0. The van der Waals surface area contributed by atoms with E-state index < -0.39 is 58.0 Å². The molecular formula is C21H35Cl3N4O7. The van der Waals surface area contributed by atoms with Crippen molar-refractivity contribution in [3.8, 4) is 0 Å². The van der Waals surface area contributed by atoms with Crippen LogP contribution in [-0.2, 0) is 28.6 Å². The minimum Gasteiger partial charge on any atom is -0.460 e. The number of hydrazine groups is 1. The maximum atomic E-state index is 13.2. The van der Waals surface area contributed by atoms with Gasteiger partial charge in [-0.1, -0.05) is 48.7 Å². The highest BCUT2D eigenvalue weighted by molar-refractivity contribution is 6.67. The van der Waals surface area contributed by atoms with Gasteiger partial charge in [0.05, 0.1) is 6.61 Å². The van der Waals surface area contributed by atoms with Crippen molar-refractivity contribution in [3.63, 3.8) is 0 Å². The van der Waals surface area contributed by atoms with Gasteiger partial charge in [-0.25, -0.2) is 10.2 Å². The predicted molar refractivity (Wildman–Crippen MR) is 131 cm³/mol. The van der Waals surface area contributed by atoms with Gasteiger partial charge in [-0.2, -0.15) is 0 Å².